The SMILES string of the molecule is C=C(Cl)/N=C(/C)c1c(C)c(P)c(-c2nc(C)cc(C)c2C(C)(F)F)c(Cl)c1NC[C@@H](C)CC.CC.CC.CC(=O)OC(C)(C)C.CCC(C)CC.CCc1ccc(OC)cc1.CCc1ccc(OC)cc1. The first-order valence-corrected chi connectivity index (χ1v) is 26.6. The van der Waals surface area contributed by atoms with Crippen molar-refractivity contribution in [3.8, 4) is 22.8 Å². The molecule has 0 fully saturated rings. The number of rotatable bonds is 14. The molecule has 4 aromatic rings. The molecule has 7 nitrogen and oxygen atoms in total. The van der Waals surface area contributed by atoms with Gasteiger partial charge in [0.2, 0.25) is 0 Å². The van der Waals surface area contributed by atoms with Gasteiger partial charge in [0.05, 0.1) is 30.6 Å². The Morgan fingerprint density at radius 1 is 0.803 bits per heavy atom. The first-order chi connectivity index (χ1) is 33.2. The van der Waals surface area contributed by atoms with Crippen molar-refractivity contribution in [1.82, 2.24) is 4.98 Å². The number of carbonyl (C=O) groups excluding carboxylic acids is 1. The van der Waals surface area contributed by atoms with Crippen molar-refractivity contribution in [2.75, 3.05) is 26.1 Å². The minimum atomic E-state index is -3.09. The summed E-state index contributed by atoms with van der Waals surface area (Å²) in [7, 11) is 6.01. The number of methoxy groups -OCH3 is 2. The Hall–Kier alpha value is -4.04. The van der Waals surface area contributed by atoms with E-state index in [0.717, 1.165) is 54.7 Å². The molecular formula is C59H94Cl2F2N3O4P. The van der Waals surface area contributed by atoms with E-state index >= 15 is 0 Å². The number of aryl methyl sites for hydroxylation is 4. The molecule has 0 bridgehead atoms. The summed E-state index contributed by atoms with van der Waals surface area (Å²) in [6, 6.07) is 17.9. The highest BCUT2D eigenvalue weighted by Crippen LogP contribution is 2.44. The minimum Gasteiger partial charge on any atom is -0.497 e. The number of benzene rings is 3. The first kappa shape index (κ1) is 71.2. The number of hydrogen-bond donors (Lipinski definition) is 1. The number of halogens is 4. The summed E-state index contributed by atoms with van der Waals surface area (Å²) in [6.07, 6.45) is 5.81. The van der Waals surface area contributed by atoms with Gasteiger partial charge in [0, 0.05) is 48.5 Å². The largest absolute Gasteiger partial charge is 0.497 e. The van der Waals surface area contributed by atoms with Crippen molar-refractivity contribution in [1.29, 1.82) is 0 Å². The third-order valence-corrected chi connectivity index (χ3v) is 11.9. The summed E-state index contributed by atoms with van der Waals surface area (Å²) in [5.41, 5.74) is 6.87. The van der Waals surface area contributed by atoms with Crippen LogP contribution in [0.15, 0.2) is 71.3 Å². The maximum Gasteiger partial charge on any atom is 0.303 e. The van der Waals surface area contributed by atoms with Crippen molar-refractivity contribution in [3.05, 3.63) is 110 Å². The number of nitrogens with one attached hydrogen (secondary N) is 1. The van der Waals surface area contributed by atoms with E-state index in [0.29, 0.717) is 51.0 Å². The van der Waals surface area contributed by atoms with Crippen LogP contribution in [0.3, 0.4) is 0 Å². The van der Waals surface area contributed by atoms with Crippen LogP contribution in [-0.2, 0) is 28.3 Å². The number of hydrogen-bond acceptors (Lipinski definition) is 7. The van der Waals surface area contributed by atoms with Crippen LogP contribution < -0.4 is 20.1 Å². The summed E-state index contributed by atoms with van der Waals surface area (Å²) in [4.78, 5) is 19.1. The van der Waals surface area contributed by atoms with Gasteiger partial charge in [-0.3, -0.25) is 9.78 Å². The zero-order valence-corrected chi connectivity index (χ0v) is 50.6. The number of carbonyl (C=O) groups is 1. The highest BCUT2D eigenvalue weighted by molar-refractivity contribution is 7.28. The van der Waals surface area contributed by atoms with Crippen LogP contribution in [0.4, 0.5) is 14.5 Å². The lowest BCUT2D eigenvalue weighted by Gasteiger charge is -2.25. The van der Waals surface area contributed by atoms with Crippen LogP contribution in [0.2, 0.25) is 5.02 Å². The van der Waals surface area contributed by atoms with Gasteiger partial charge in [-0.15, -0.1) is 9.24 Å². The van der Waals surface area contributed by atoms with Crippen molar-refractivity contribution < 1.29 is 27.8 Å². The predicted octanol–water partition coefficient (Wildman–Crippen LogP) is 18.3. The van der Waals surface area contributed by atoms with Gasteiger partial charge in [0.25, 0.3) is 5.92 Å². The zero-order valence-electron chi connectivity index (χ0n) is 47.9. The quantitative estimate of drug-likeness (QED) is 0.0586. The Balaban J connectivity index is -0.000000979. The van der Waals surface area contributed by atoms with E-state index in [9.17, 15) is 13.6 Å². The van der Waals surface area contributed by atoms with E-state index in [1.54, 1.807) is 34.1 Å². The van der Waals surface area contributed by atoms with Gasteiger partial charge in [0.1, 0.15) is 22.3 Å². The molecule has 0 radical (unpaired) electrons. The van der Waals surface area contributed by atoms with Crippen LogP contribution >= 0.6 is 32.4 Å². The number of pyridine rings is 1. The number of anilines is 1. The fourth-order valence-corrected chi connectivity index (χ4v) is 7.38. The number of nitrogens with zero attached hydrogens (tertiary/aromatic N) is 2. The molecule has 0 amide bonds. The maximum atomic E-state index is 14.8. The number of esters is 1. The van der Waals surface area contributed by atoms with E-state index in [1.807, 2.05) is 86.6 Å². The molecule has 2 atom stereocenters. The topological polar surface area (TPSA) is 82.0 Å². The summed E-state index contributed by atoms with van der Waals surface area (Å²) < 4.78 is 44.3. The number of aromatic nitrogens is 1. The minimum absolute atomic E-state index is 0.127. The monoisotopic (exact) mass is 1050 g/mol. The van der Waals surface area contributed by atoms with Gasteiger partial charge in [-0.05, 0) is 131 Å². The third kappa shape index (κ3) is 28.1. The van der Waals surface area contributed by atoms with E-state index in [2.05, 4.69) is 104 Å². The average molecular weight is 1050 g/mol. The molecule has 0 saturated carbocycles. The van der Waals surface area contributed by atoms with Crippen molar-refractivity contribution >= 4 is 55.1 Å². The molecular weight excluding hydrogens is 955 g/mol. The van der Waals surface area contributed by atoms with Gasteiger partial charge in [-0.1, -0.05) is 149 Å². The van der Waals surface area contributed by atoms with Gasteiger partial charge in [-0.2, -0.15) is 0 Å². The first-order valence-electron chi connectivity index (χ1n) is 25.2. The summed E-state index contributed by atoms with van der Waals surface area (Å²) in [5.74, 6) is -0.147. The van der Waals surface area contributed by atoms with Gasteiger partial charge < -0.3 is 19.5 Å². The smallest absolute Gasteiger partial charge is 0.303 e. The second-order valence-electron chi connectivity index (χ2n) is 17.7. The number of ether oxygens (including phenoxy) is 3. The van der Waals surface area contributed by atoms with Crippen molar-refractivity contribution in [2.45, 2.75) is 182 Å². The normalized spacial score (nSPS) is 11.1. The maximum absolute atomic E-state index is 14.8. The molecule has 0 aliphatic carbocycles. The Morgan fingerprint density at radius 2 is 1.23 bits per heavy atom. The molecule has 0 aliphatic rings. The number of aliphatic imine (C=N–C) groups is 1. The summed E-state index contributed by atoms with van der Waals surface area (Å²) in [6.45, 7) is 42.6. The van der Waals surface area contributed by atoms with Gasteiger partial charge in [-0.25, -0.2) is 13.8 Å². The molecule has 0 aliphatic heterocycles. The van der Waals surface area contributed by atoms with Gasteiger partial charge >= 0.3 is 5.97 Å². The fourth-order valence-electron chi connectivity index (χ4n) is 6.39. The van der Waals surface area contributed by atoms with Crippen LogP contribution in [-0.4, -0.2) is 43.0 Å². The molecule has 0 saturated heterocycles. The van der Waals surface area contributed by atoms with Crippen LogP contribution in [0.5, 0.6) is 11.5 Å². The standard InChI is InChI=1S/C25H32Cl2F2N3P.2C9H12O.C6H12O2.C6H14.2C2H6/c1-9-12(2)11-30-23-18(16(6)32-17(7)26)15(5)24(33)19(21(23)27)22-20(25(8,28)29)13(3)10-14(4)31-22;2*1-3-8-4-6-9(10-2)7-5-8;1-5(7)8-6(2,3)4;1-4-6(3)5-2;2*1-2/h10,12,30H,7,9,11,33H2,1-6,8H3;2*4-7H,3H2,1-2H3;1-4H3;6H,4-5H2,1-3H3;2*1-2H3/b32-16-;;;;;;/t12-;;;;;;/m0....../s1. The Bertz CT molecular complexity index is 2050. The van der Waals surface area contributed by atoms with E-state index in [1.165, 1.54) is 30.9 Å². The molecule has 71 heavy (non-hydrogen) atoms. The number of alkyl halides is 2. The molecule has 1 heterocycles. The second kappa shape index (κ2) is 37.7. The molecule has 3 aromatic carbocycles. The average Bonchev–Trinajstić information content (AvgIpc) is 3.32. The molecule has 12 heteroatoms. The fraction of sp³-hybridized carbons (Fsp3) is 0.542. The molecule has 4 rings (SSSR count). The second-order valence-corrected chi connectivity index (χ2v) is 19.1. The predicted molar refractivity (Wildman–Crippen MR) is 312 cm³/mol. The molecule has 0 spiro atoms. The molecule has 1 aromatic heterocycles. The third-order valence-electron chi connectivity index (χ3n) is 10.7. The van der Waals surface area contributed by atoms with E-state index in [4.69, 9.17) is 37.4 Å². The molecule has 1 unspecified atom stereocenters. The zero-order chi connectivity index (χ0) is 55.8. The Kier molecular flexibility index (Phi) is 37.8. The van der Waals surface area contributed by atoms with Crippen molar-refractivity contribution in [2.24, 2.45) is 16.8 Å². The molecule has 1 N–H and O–H groups in total. The lowest BCUT2D eigenvalue weighted by Crippen LogP contribution is -2.21. The van der Waals surface area contributed by atoms with Crippen LogP contribution in [0.1, 0.15) is 176 Å². The Labute approximate surface area is 444 Å². The van der Waals surface area contributed by atoms with Crippen LogP contribution in [0, 0.1) is 32.6 Å². The van der Waals surface area contributed by atoms with E-state index in [-0.39, 0.29) is 28.0 Å². The summed E-state index contributed by atoms with van der Waals surface area (Å²) in [5, 5.41) is 4.59. The highest BCUT2D eigenvalue weighted by atomic mass is 35.5. The lowest BCUT2D eigenvalue weighted by molar-refractivity contribution is -0.151. The Morgan fingerprint density at radius 3 is 1.52 bits per heavy atom. The molecule has 402 valence electrons. The lowest BCUT2D eigenvalue weighted by atomic mass is 9.92. The van der Waals surface area contributed by atoms with Crippen molar-refractivity contribution in [3.63, 3.8) is 0 Å². The highest BCUT2D eigenvalue weighted by Gasteiger charge is 2.34. The van der Waals surface area contributed by atoms with Gasteiger partial charge in [0.15, 0.2) is 0 Å². The van der Waals surface area contributed by atoms with E-state index < -0.39 is 5.92 Å². The van der Waals surface area contributed by atoms with Crippen LogP contribution in [0.25, 0.3) is 11.3 Å². The summed E-state index contributed by atoms with van der Waals surface area (Å²) >= 11 is 12.9.